The molecule has 3 rings (SSSR count). The average Bonchev–Trinajstić information content (AvgIpc) is 3.02. The number of amides is 3. The van der Waals surface area contributed by atoms with E-state index in [1.54, 1.807) is 26.0 Å². The van der Waals surface area contributed by atoms with E-state index in [9.17, 15) is 42.5 Å². The number of esters is 1. The molecule has 0 bridgehead atoms. The number of fused-ring (bicyclic) bond motifs is 1. The predicted molar refractivity (Wildman–Crippen MR) is 113 cm³/mol. The molecule has 35 heavy (non-hydrogen) atoms. The number of nitro benzene ring substituents is 1. The fourth-order valence-electron chi connectivity index (χ4n) is 3.53. The first-order chi connectivity index (χ1) is 16.3. The van der Waals surface area contributed by atoms with Gasteiger partial charge in [-0.2, -0.15) is 13.2 Å². The van der Waals surface area contributed by atoms with Crippen molar-refractivity contribution < 1.29 is 42.0 Å². The number of carbonyl (C=O) groups is 4. The molecule has 0 aliphatic carbocycles. The molecule has 0 saturated heterocycles. The number of carbonyl (C=O) groups excluding carboxylic acids is 4. The Morgan fingerprint density at radius 2 is 1.66 bits per heavy atom. The number of alkyl halides is 3. The molecular weight excluding hydrogens is 475 g/mol. The molecule has 184 valence electrons. The maximum absolute atomic E-state index is 13.3. The summed E-state index contributed by atoms with van der Waals surface area (Å²) in [6, 6.07) is 6.30. The molecular formula is C22H18F3N3O7. The number of nitrogens with zero attached hydrogens (tertiary/aromatic N) is 2. The molecule has 1 aliphatic rings. The summed E-state index contributed by atoms with van der Waals surface area (Å²) < 4.78 is 44.8. The number of hydrogen-bond acceptors (Lipinski definition) is 7. The first-order valence-electron chi connectivity index (χ1n) is 10.1. The minimum absolute atomic E-state index is 0.103. The van der Waals surface area contributed by atoms with E-state index in [2.05, 4.69) is 0 Å². The SMILES string of the molecule is CC(C)[C@@H](C(=O)OCC(=O)Nc1ccc([N+](=O)[O-])cc1C(F)(F)F)N1C(=O)c2ccccc2C1=O. The van der Waals surface area contributed by atoms with Gasteiger partial charge in [0.1, 0.15) is 6.04 Å². The second-order valence-electron chi connectivity index (χ2n) is 7.86. The zero-order valence-electron chi connectivity index (χ0n) is 18.3. The van der Waals surface area contributed by atoms with Crippen molar-refractivity contribution in [2.45, 2.75) is 26.1 Å². The van der Waals surface area contributed by atoms with E-state index in [4.69, 9.17) is 4.74 Å². The smallest absolute Gasteiger partial charge is 0.418 e. The highest BCUT2D eigenvalue weighted by atomic mass is 19.4. The average molecular weight is 493 g/mol. The molecule has 10 nitrogen and oxygen atoms in total. The van der Waals surface area contributed by atoms with Crippen molar-refractivity contribution in [1.82, 2.24) is 4.90 Å². The largest absolute Gasteiger partial charge is 0.454 e. The lowest BCUT2D eigenvalue weighted by Gasteiger charge is -2.27. The molecule has 0 aromatic heterocycles. The van der Waals surface area contributed by atoms with E-state index in [0.29, 0.717) is 6.07 Å². The number of ether oxygens (including phenoxy) is 1. The number of nitrogens with one attached hydrogen (secondary N) is 1. The molecule has 1 heterocycles. The Balaban J connectivity index is 1.73. The molecule has 1 aliphatic heterocycles. The highest BCUT2D eigenvalue weighted by Crippen LogP contribution is 2.37. The van der Waals surface area contributed by atoms with Crippen LogP contribution in [-0.4, -0.2) is 46.2 Å². The number of hydrogen-bond donors (Lipinski definition) is 1. The van der Waals surface area contributed by atoms with Gasteiger partial charge in [-0.3, -0.25) is 29.4 Å². The summed E-state index contributed by atoms with van der Waals surface area (Å²) in [5.74, 6) is -4.32. The van der Waals surface area contributed by atoms with Crippen molar-refractivity contribution in [3.8, 4) is 0 Å². The predicted octanol–water partition coefficient (Wildman–Crippen LogP) is 3.42. The lowest BCUT2D eigenvalue weighted by molar-refractivity contribution is -0.385. The van der Waals surface area contributed by atoms with Crippen LogP contribution in [0.4, 0.5) is 24.5 Å². The summed E-state index contributed by atoms with van der Waals surface area (Å²) in [5, 5.41) is 12.7. The Hall–Kier alpha value is -4.29. The number of benzene rings is 2. The molecule has 2 aromatic rings. The molecule has 0 saturated carbocycles. The fraction of sp³-hybridized carbons (Fsp3) is 0.273. The zero-order valence-corrected chi connectivity index (χ0v) is 18.3. The third-order valence-corrected chi connectivity index (χ3v) is 5.12. The van der Waals surface area contributed by atoms with Crippen LogP contribution in [0.5, 0.6) is 0 Å². The van der Waals surface area contributed by atoms with Gasteiger partial charge in [-0.15, -0.1) is 0 Å². The van der Waals surface area contributed by atoms with Crippen molar-refractivity contribution in [3.63, 3.8) is 0 Å². The summed E-state index contributed by atoms with van der Waals surface area (Å²) in [5.41, 5.74) is -2.86. The number of non-ortho nitro benzene ring substituents is 1. The Kier molecular flexibility index (Phi) is 6.89. The molecule has 2 aromatic carbocycles. The van der Waals surface area contributed by atoms with Crippen LogP contribution in [0, 0.1) is 16.0 Å². The molecule has 1 N–H and O–H groups in total. The van der Waals surface area contributed by atoms with Crippen LogP contribution in [-0.2, 0) is 20.5 Å². The minimum Gasteiger partial charge on any atom is -0.454 e. The topological polar surface area (TPSA) is 136 Å². The minimum atomic E-state index is -5.01. The summed E-state index contributed by atoms with van der Waals surface area (Å²) in [6.45, 7) is 2.06. The third kappa shape index (κ3) is 5.13. The van der Waals surface area contributed by atoms with Gasteiger partial charge in [0.2, 0.25) is 0 Å². The summed E-state index contributed by atoms with van der Waals surface area (Å²) in [4.78, 5) is 60.8. The van der Waals surface area contributed by atoms with Gasteiger partial charge in [0.15, 0.2) is 6.61 Å². The summed E-state index contributed by atoms with van der Waals surface area (Å²) >= 11 is 0. The number of nitro groups is 1. The summed E-state index contributed by atoms with van der Waals surface area (Å²) in [7, 11) is 0. The molecule has 0 unspecified atom stereocenters. The molecule has 0 fully saturated rings. The Morgan fingerprint density at radius 1 is 1.09 bits per heavy atom. The van der Waals surface area contributed by atoms with E-state index in [0.717, 1.165) is 11.0 Å². The van der Waals surface area contributed by atoms with Crippen molar-refractivity contribution >= 4 is 35.1 Å². The maximum Gasteiger partial charge on any atom is 0.418 e. The van der Waals surface area contributed by atoms with Gasteiger partial charge < -0.3 is 10.1 Å². The normalized spacial score (nSPS) is 14.1. The number of imide groups is 1. The fourth-order valence-corrected chi connectivity index (χ4v) is 3.53. The van der Waals surface area contributed by atoms with Crippen molar-refractivity contribution in [2.24, 2.45) is 5.92 Å². The van der Waals surface area contributed by atoms with E-state index in [1.165, 1.54) is 12.1 Å². The quantitative estimate of drug-likeness (QED) is 0.270. The highest BCUT2D eigenvalue weighted by Gasteiger charge is 2.44. The lowest BCUT2D eigenvalue weighted by Crippen LogP contribution is -2.49. The number of anilines is 1. The molecule has 0 radical (unpaired) electrons. The van der Waals surface area contributed by atoms with Crippen LogP contribution in [0.15, 0.2) is 42.5 Å². The van der Waals surface area contributed by atoms with Crippen LogP contribution in [0.2, 0.25) is 0 Å². The molecule has 0 spiro atoms. The number of halogens is 3. The molecule has 1 atom stereocenters. The second kappa shape index (κ2) is 9.52. The Labute approximate surface area is 195 Å². The zero-order chi connectivity index (χ0) is 26.1. The van der Waals surface area contributed by atoms with Crippen molar-refractivity contribution in [2.75, 3.05) is 11.9 Å². The standard InChI is InChI=1S/C22H18F3N3O7/c1-11(2)18(27-19(30)13-5-3-4-6-14(13)20(27)31)21(32)35-10-17(29)26-16-8-7-12(28(33)34)9-15(16)22(23,24)25/h3-9,11,18H,10H2,1-2H3,(H,26,29)/t18-/m0/s1. The second-order valence-corrected chi connectivity index (χ2v) is 7.86. The monoisotopic (exact) mass is 493 g/mol. The first kappa shape index (κ1) is 25.3. The van der Waals surface area contributed by atoms with E-state index >= 15 is 0 Å². The summed E-state index contributed by atoms with van der Waals surface area (Å²) in [6.07, 6.45) is -5.01. The lowest BCUT2D eigenvalue weighted by atomic mass is 10.0. The van der Waals surface area contributed by atoms with Gasteiger partial charge in [-0.1, -0.05) is 26.0 Å². The van der Waals surface area contributed by atoms with Crippen LogP contribution in [0.1, 0.15) is 40.1 Å². The van der Waals surface area contributed by atoms with Gasteiger partial charge >= 0.3 is 12.1 Å². The van der Waals surface area contributed by atoms with E-state index in [1.807, 2.05) is 5.32 Å². The Morgan fingerprint density at radius 3 is 2.14 bits per heavy atom. The molecule has 3 amide bonds. The highest BCUT2D eigenvalue weighted by molar-refractivity contribution is 6.22. The van der Waals surface area contributed by atoms with Crippen molar-refractivity contribution in [1.29, 1.82) is 0 Å². The van der Waals surface area contributed by atoms with Gasteiger partial charge in [-0.05, 0) is 24.1 Å². The van der Waals surface area contributed by atoms with E-state index in [-0.39, 0.29) is 17.2 Å². The van der Waals surface area contributed by atoms with Crippen LogP contribution in [0.3, 0.4) is 0 Å². The van der Waals surface area contributed by atoms with Crippen LogP contribution < -0.4 is 5.32 Å². The van der Waals surface area contributed by atoms with Gasteiger partial charge in [-0.25, -0.2) is 4.79 Å². The van der Waals surface area contributed by atoms with E-state index < -0.39 is 70.3 Å². The van der Waals surface area contributed by atoms with Gasteiger partial charge in [0, 0.05) is 12.1 Å². The van der Waals surface area contributed by atoms with Gasteiger partial charge in [0.05, 0.1) is 27.3 Å². The van der Waals surface area contributed by atoms with Crippen molar-refractivity contribution in [3.05, 3.63) is 69.3 Å². The first-order valence-corrected chi connectivity index (χ1v) is 10.1. The third-order valence-electron chi connectivity index (χ3n) is 5.12. The van der Waals surface area contributed by atoms with Crippen LogP contribution >= 0.6 is 0 Å². The molecule has 13 heteroatoms. The number of rotatable bonds is 7. The van der Waals surface area contributed by atoms with Gasteiger partial charge in [0.25, 0.3) is 23.4 Å². The maximum atomic E-state index is 13.3. The van der Waals surface area contributed by atoms with Crippen LogP contribution in [0.25, 0.3) is 0 Å². The Bertz CT molecular complexity index is 1190.